The summed E-state index contributed by atoms with van der Waals surface area (Å²) in [4.78, 5) is 12.9. The first kappa shape index (κ1) is 17.8. The van der Waals surface area contributed by atoms with Crippen LogP contribution in [0, 0.1) is 0 Å². The largest absolute Gasteiger partial charge is 0.497 e. The van der Waals surface area contributed by atoms with Gasteiger partial charge in [-0.25, -0.2) is 0 Å². The van der Waals surface area contributed by atoms with Gasteiger partial charge in [0.15, 0.2) is 0 Å². The number of carbonyl (C=O) groups is 1. The first-order valence-electron chi connectivity index (χ1n) is 9.24. The Labute approximate surface area is 165 Å². The average molecular weight is 367 g/mol. The van der Waals surface area contributed by atoms with Crippen LogP contribution in [0.15, 0.2) is 84.9 Å². The molecule has 0 atom stereocenters. The molecule has 0 saturated heterocycles. The molecule has 3 aromatic rings. The van der Waals surface area contributed by atoms with Gasteiger partial charge in [0.2, 0.25) is 0 Å². The fourth-order valence-electron chi connectivity index (χ4n) is 3.35. The Balaban J connectivity index is 1.66. The summed E-state index contributed by atoms with van der Waals surface area (Å²) < 4.78 is 5.37. The maximum absolute atomic E-state index is 12.9. The van der Waals surface area contributed by atoms with Crippen LogP contribution >= 0.6 is 0 Å². The molecule has 0 heterocycles. The molecular formula is C25H21NO2. The molecule has 3 aromatic carbocycles. The summed E-state index contributed by atoms with van der Waals surface area (Å²) in [5, 5.41) is 3.03. The highest BCUT2D eigenvalue weighted by Crippen LogP contribution is 2.38. The molecule has 1 amide bonds. The van der Waals surface area contributed by atoms with E-state index in [9.17, 15) is 4.79 Å². The van der Waals surface area contributed by atoms with E-state index in [1.54, 1.807) is 7.11 Å². The third-order valence-corrected chi connectivity index (χ3v) is 4.79. The van der Waals surface area contributed by atoms with Gasteiger partial charge in [-0.1, -0.05) is 66.7 Å². The van der Waals surface area contributed by atoms with Gasteiger partial charge in [0.05, 0.1) is 7.11 Å². The highest BCUT2D eigenvalue weighted by molar-refractivity contribution is 6.26. The van der Waals surface area contributed by atoms with Crippen LogP contribution in [0.4, 0.5) is 0 Å². The van der Waals surface area contributed by atoms with Crippen LogP contribution < -0.4 is 10.1 Å². The second-order valence-electron chi connectivity index (χ2n) is 6.65. The number of fused-ring (bicyclic) bond motifs is 1. The van der Waals surface area contributed by atoms with Crippen molar-refractivity contribution >= 4 is 23.1 Å². The number of methoxy groups -OCH3 is 1. The van der Waals surface area contributed by atoms with Gasteiger partial charge >= 0.3 is 0 Å². The van der Waals surface area contributed by atoms with E-state index in [1.807, 2.05) is 72.8 Å². The Kier molecular flexibility index (Phi) is 5.07. The van der Waals surface area contributed by atoms with Crippen LogP contribution in [0.1, 0.15) is 22.3 Å². The molecule has 0 spiro atoms. The van der Waals surface area contributed by atoms with Gasteiger partial charge in [0.25, 0.3) is 5.91 Å². The number of ether oxygens (including phenoxy) is 1. The molecule has 1 N–H and O–H groups in total. The number of benzene rings is 3. The summed E-state index contributed by atoms with van der Waals surface area (Å²) in [5.41, 5.74) is 5.78. The molecule has 0 saturated carbocycles. The third-order valence-electron chi connectivity index (χ3n) is 4.79. The average Bonchev–Trinajstić information content (AvgIpc) is 3.11. The normalized spacial score (nSPS) is 13.8. The van der Waals surface area contributed by atoms with Crippen molar-refractivity contribution in [1.29, 1.82) is 0 Å². The lowest BCUT2D eigenvalue weighted by Gasteiger charge is -2.09. The van der Waals surface area contributed by atoms with Crippen molar-refractivity contribution in [1.82, 2.24) is 5.32 Å². The van der Waals surface area contributed by atoms with Crippen molar-refractivity contribution in [2.24, 2.45) is 0 Å². The standard InChI is InChI=1S/C25H21NO2/c1-28-21-12-13-22-20(14-18-8-4-2-5-9-18)15-24(23(22)16-21)25(27)26-17-19-10-6-3-7-11-19/h2-16H,17H2,1H3,(H,26,27)/b20-14+. The van der Waals surface area contributed by atoms with Crippen LogP contribution in [0.5, 0.6) is 5.75 Å². The Hall–Kier alpha value is -3.59. The topological polar surface area (TPSA) is 38.3 Å². The minimum Gasteiger partial charge on any atom is -0.497 e. The fraction of sp³-hybridized carbons (Fsp3) is 0.0800. The van der Waals surface area contributed by atoms with Crippen LogP contribution in [-0.2, 0) is 11.3 Å². The van der Waals surface area contributed by atoms with Crippen LogP contribution in [0.3, 0.4) is 0 Å². The zero-order valence-electron chi connectivity index (χ0n) is 15.7. The molecule has 0 bridgehead atoms. The Morgan fingerprint density at radius 1 is 0.929 bits per heavy atom. The third kappa shape index (κ3) is 3.74. The number of hydrogen-bond donors (Lipinski definition) is 1. The first-order valence-corrected chi connectivity index (χ1v) is 9.24. The minimum absolute atomic E-state index is 0.0881. The predicted octanol–water partition coefficient (Wildman–Crippen LogP) is 4.95. The molecular weight excluding hydrogens is 346 g/mol. The van der Waals surface area contributed by atoms with E-state index < -0.39 is 0 Å². The fourth-order valence-corrected chi connectivity index (χ4v) is 3.35. The number of hydrogen-bond acceptors (Lipinski definition) is 2. The second kappa shape index (κ2) is 7.97. The monoisotopic (exact) mass is 367 g/mol. The first-order chi connectivity index (χ1) is 13.7. The van der Waals surface area contributed by atoms with Crippen molar-refractivity contribution in [3.05, 3.63) is 107 Å². The molecule has 138 valence electrons. The molecule has 4 rings (SSSR count). The minimum atomic E-state index is -0.0881. The second-order valence-corrected chi connectivity index (χ2v) is 6.65. The summed E-state index contributed by atoms with van der Waals surface area (Å²) >= 11 is 0. The molecule has 3 heteroatoms. The molecule has 1 aliphatic carbocycles. The van der Waals surface area contributed by atoms with Crippen LogP contribution in [-0.4, -0.2) is 13.0 Å². The van der Waals surface area contributed by atoms with Gasteiger partial charge in [-0.3, -0.25) is 4.79 Å². The highest BCUT2D eigenvalue weighted by atomic mass is 16.5. The molecule has 0 unspecified atom stereocenters. The highest BCUT2D eigenvalue weighted by Gasteiger charge is 2.24. The molecule has 0 aromatic heterocycles. The predicted molar refractivity (Wildman–Crippen MR) is 114 cm³/mol. The summed E-state index contributed by atoms with van der Waals surface area (Å²) in [6.45, 7) is 0.494. The van der Waals surface area contributed by atoms with Gasteiger partial charge in [0, 0.05) is 12.1 Å². The molecule has 3 nitrogen and oxygen atoms in total. The quantitative estimate of drug-likeness (QED) is 0.693. The Morgan fingerprint density at radius 2 is 1.64 bits per heavy atom. The molecule has 1 aliphatic rings. The smallest absolute Gasteiger partial charge is 0.252 e. The lowest BCUT2D eigenvalue weighted by Crippen LogP contribution is -2.23. The van der Waals surface area contributed by atoms with Crippen molar-refractivity contribution in [3.63, 3.8) is 0 Å². The summed E-state index contributed by atoms with van der Waals surface area (Å²) in [6, 6.07) is 25.9. The number of carbonyl (C=O) groups excluding carboxylic acids is 1. The van der Waals surface area contributed by atoms with Crippen LogP contribution in [0.2, 0.25) is 0 Å². The Bertz CT molecular complexity index is 1050. The zero-order valence-corrected chi connectivity index (χ0v) is 15.7. The SMILES string of the molecule is COc1ccc2c(c1)C(C(=O)NCc1ccccc1)=C/C2=C\c1ccccc1. The van der Waals surface area contributed by atoms with E-state index in [2.05, 4.69) is 23.5 Å². The van der Waals surface area contributed by atoms with E-state index in [0.717, 1.165) is 33.6 Å². The number of rotatable bonds is 5. The van der Waals surface area contributed by atoms with Crippen molar-refractivity contribution in [3.8, 4) is 5.75 Å². The summed E-state index contributed by atoms with van der Waals surface area (Å²) in [7, 11) is 1.64. The lowest BCUT2D eigenvalue weighted by molar-refractivity contribution is -0.115. The molecule has 0 aliphatic heterocycles. The zero-order chi connectivity index (χ0) is 19.3. The van der Waals surface area contributed by atoms with E-state index in [4.69, 9.17) is 4.74 Å². The van der Waals surface area contributed by atoms with Gasteiger partial charge in [0.1, 0.15) is 5.75 Å². The Morgan fingerprint density at radius 3 is 2.36 bits per heavy atom. The maximum Gasteiger partial charge on any atom is 0.252 e. The number of nitrogens with one attached hydrogen (secondary N) is 1. The van der Waals surface area contributed by atoms with E-state index >= 15 is 0 Å². The number of amides is 1. The molecule has 28 heavy (non-hydrogen) atoms. The van der Waals surface area contributed by atoms with Gasteiger partial charge in [-0.15, -0.1) is 0 Å². The van der Waals surface area contributed by atoms with Gasteiger partial charge in [-0.2, -0.15) is 0 Å². The van der Waals surface area contributed by atoms with E-state index in [-0.39, 0.29) is 5.91 Å². The van der Waals surface area contributed by atoms with E-state index in [0.29, 0.717) is 12.1 Å². The van der Waals surface area contributed by atoms with Gasteiger partial charge in [-0.05, 0) is 52.1 Å². The van der Waals surface area contributed by atoms with Crippen molar-refractivity contribution in [2.45, 2.75) is 6.54 Å². The van der Waals surface area contributed by atoms with Gasteiger partial charge < -0.3 is 10.1 Å². The molecule has 0 radical (unpaired) electrons. The summed E-state index contributed by atoms with van der Waals surface area (Å²) in [6.07, 6.45) is 4.06. The maximum atomic E-state index is 12.9. The van der Waals surface area contributed by atoms with E-state index in [1.165, 1.54) is 0 Å². The number of allylic oxidation sites excluding steroid dienone is 2. The molecule has 0 fully saturated rings. The van der Waals surface area contributed by atoms with Crippen molar-refractivity contribution in [2.75, 3.05) is 7.11 Å². The van der Waals surface area contributed by atoms with Crippen molar-refractivity contribution < 1.29 is 9.53 Å². The van der Waals surface area contributed by atoms with Crippen LogP contribution in [0.25, 0.3) is 17.2 Å². The lowest BCUT2D eigenvalue weighted by atomic mass is 10.0. The summed E-state index contributed by atoms with van der Waals surface area (Å²) in [5.74, 6) is 0.649.